The molecule has 2 N–H and O–H groups in total. The second-order valence-corrected chi connectivity index (χ2v) is 6.37. The van der Waals surface area contributed by atoms with Crippen LogP contribution < -0.4 is 29.6 Å². The van der Waals surface area contributed by atoms with E-state index in [4.69, 9.17) is 31.2 Å². The molecule has 0 radical (unpaired) electrons. The zero-order valence-corrected chi connectivity index (χ0v) is 16.5. The van der Waals surface area contributed by atoms with E-state index in [1.807, 2.05) is 57.2 Å². The minimum Gasteiger partial charge on any atom is -0.490 e. The Morgan fingerprint density at radius 1 is 1.04 bits per heavy atom. The van der Waals surface area contributed by atoms with Crippen molar-refractivity contribution in [3.63, 3.8) is 0 Å². The Bertz CT molecular complexity index is 813. The molecule has 0 aromatic heterocycles. The van der Waals surface area contributed by atoms with Crippen molar-refractivity contribution in [1.82, 2.24) is 5.32 Å². The molecule has 0 bridgehead atoms. The van der Waals surface area contributed by atoms with Gasteiger partial charge in [-0.05, 0) is 62.8 Å². The van der Waals surface area contributed by atoms with Crippen molar-refractivity contribution in [3.05, 3.63) is 42.0 Å². The van der Waals surface area contributed by atoms with Gasteiger partial charge >= 0.3 is 0 Å². The van der Waals surface area contributed by atoms with E-state index >= 15 is 0 Å². The largest absolute Gasteiger partial charge is 0.490 e. The second-order valence-electron chi connectivity index (χ2n) is 5.96. The minimum absolute atomic E-state index is 0.00565. The summed E-state index contributed by atoms with van der Waals surface area (Å²) in [7, 11) is 0. The maximum atomic E-state index is 5.70. The molecule has 0 amide bonds. The Labute approximate surface area is 164 Å². The predicted molar refractivity (Wildman–Crippen MR) is 109 cm³/mol. The van der Waals surface area contributed by atoms with Gasteiger partial charge in [0.2, 0.25) is 6.79 Å². The molecule has 7 heteroatoms. The lowest BCUT2D eigenvalue weighted by Crippen LogP contribution is -2.30. The van der Waals surface area contributed by atoms with E-state index in [1.54, 1.807) is 0 Å². The van der Waals surface area contributed by atoms with E-state index in [9.17, 15) is 0 Å². The summed E-state index contributed by atoms with van der Waals surface area (Å²) in [6, 6.07) is 11.5. The predicted octanol–water partition coefficient (Wildman–Crippen LogP) is 4.26. The van der Waals surface area contributed by atoms with Crippen molar-refractivity contribution in [1.29, 1.82) is 0 Å². The lowest BCUT2D eigenvalue weighted by molar-refractivity contribution is 0.174. The van der Waals surface area contributed by atoms with Crippen LogP contribution in [0.15, 0.2) is 36.4 Å². The zero-order valence-electron chi connectivity index (χ0n) is 15.7. The van der Waals surface area contributed by atoms with Crippen LogP contribution in [0, 0.1) is 0 Å². The molecule has 1 atom stereocenters. The lowest BCUT2D eigenvalue weighted by Gasteiger charge is -2.19. The van der Waals surface area contributed by atoms with Crippen LogP contribution in [0.25, 0.3) is 0 Å². The van der Waals surface area contributed by atoms with Gasteiger partial charge in [-0.15, -0.1) is 0 Å². The Morgan fingerprint density at radius 2 is 1.78 bits per heavy atom. The van der Waals surface area contributed by atoms with Crippen LogP contribution in [0.5, 0.6) is 23.0 Å². The Hall–Kier alpha value is -2.67. The zero-order chi connectivity index (χ0) is 19.2. The van der Waals surface area contributed by atoms with E-state index in [-0.39, 0.29) is 12.8 Å². The number of ether oxygens (including phenoxy) is 4. The molecular weight excluding hydrogens is 364 g/mol. The van der Waals surface area contributed by atoms with Gasteiger partial charge in [-0.25, -0.2) is 0 Å². The molecule has 2 aromatic rings. The first kappa shape index (κ1) is 19.1. The number of fused-ring (bicyclic) bond motifs is 1. The van der Waals surface area contributed by atoms with Gasteiger partial charge in [0.25, 0.3) is 0 Å². The molecule has 0 saturated heterocycles. The molecule has 1 heterocycles. The smallest absolute Gasteiger partial charge is 0.231 e. The highest BCUT2D eigenvalue weighted by Crippen LogP contribution is 2.34. The fraction of sp³-hybridized carbons (Fsp3) is 0.350. The molecule has 6 nitrogen and oxygen atoms in total. The monoisotopic (exact) mass is 388 g/mol. The van der Waals surface area contributed by atoms with Crippen LogP contribution in [-0.4, -0.2) is 25.1 Å². The summed E-state index contributed by atoms with van der Waals surface area (Å²) >= 11 is 5.44. The summed E-state index contributed by atoms with van der Waals surface area (Å²) in [6.45, 7) is 7.37. The van der Waals surface area contributed by atoms with E-state index in [0.717, 1.165) is 28.5 Å². The van der Waals surface area contributed by atoms with Gasteiger partial charge in [0.15, 0.2) is 28.1 Å². The summed E-state index contributed by atoms with van der Waals surface area (Å²) < 4.78 is 22.0. The fourth-order valence-electron chi connectivity index (χ4n) is 2.76. The summed E-state index contributed by atoms with van der Waals surface area (Å²) in [5.74, 6) is 2.94. The summed E-state index contributed by atoms with van der Waals surface area (Å²) in [5.41, 5.74) is 1.89. The third-order valence-corrected chi connectivity index (χ3v) is 4.27. The standard InChI is InChI=1S/C20H24N2O4S/c1-4-23-16-8-6-14(10-18(16)24-5-2)13(3)21-20(27)22-15-7-9-17-19(11-15)26-12-25-17/h6-11,13H,4-5,12H2,1-3H3,(H2,21,22,27)/t13-/m1/s1. The van der Waals surface area contributed by atoms with Crippen molar-refractivity contribution in [2.75, 3.05) is 25.3 Å². The van der Waals surface area contributed by atoms with Gasteiger partial charge in [0.05, 0.1) is 19.3 Å². The maximum absolute atomic E-state index is 5.70. The number of hydrogen-bond donors (Lipinski definition) is 2. The number of hydrogen-bond acceptors (Lipinski definition) is 5. The lowest BCUT2D eigenvalue weighted by atomic mass is 10.1. The van der Waals surface area contributed by atoms with Gasteiger partial charge in [0.1, 0.15) is 0 Å². The Morgan fingerprint density at radius 3 is 2.56 bits per heavy atom. The Kier molecular flexibility index (Phi) is 6.24. The SMILES string of the molecule is CCOc1ccc([C@@H](C)NC(=S)Nc2ccc3c(c2)OCO3)cc1OCC. The number of benzene rings is 2. The minimum atomic E-state index is -0.00565. The van der Waals surface area contributed by atoms with Crippen molar-refractivity contribution in [2.45, 2.75) is 26.8 Å². The first-order chi connectivity index (χ1) is 13.1. The number of nitrogens with one attached hydrogen (secondary N) is 2. The van der Waals surface area contributed by atoms with Crippen LogP contribution in [0.3, 0.4) is 0 Å². The molecule has 3 rings (SSSR count). The average molecular weight is 388 g/mol. The maximum Gasteiger partial charge on any atom is 0.231 e. The molecule has 0 saturated carbocycles. The van der Waals surface area contributed by atoms with Gasteiger partial charge < -0.3 is 29.6 Å². The highest BCUT2D eigenvalue weighted by molar-refractivity contribution is 7.80. The quantitative estimate of drug-likeness (QED) is 0.687. The van der Waals surface area contributed by atoms with E-state index in [0.29, 0.717) is 24.1 Å². The summed E-state index contributed by atoms with van der Waals surface area (Å²) in [5, 5.41) is 6.98. The molecule has 2 aromatic carbocycles. The topological polar surface area (TPSA) is 61.0 Å². The highest BCUT2D eigenvalue weighted by atomic mass is 32.1. The molecule has 144 valence electrons. The highest BCUT2D eigenvalue weighted by Gasteiger charge is 2.15. The van der Waals surface area contributed by atoms with E-state index < -0.39 is 0 Å². The van der Waals surface area contributed by atoms with Gasteiger partial charge in [-0.3, -0.25) is 0 Å². The van der Waals surface area contributed by atoms with Gasteiger partial charge in [-0.2, -0.15) is 0 Å². The molecule has 1 aliphatic heterocycles. The molecule has 0 unspecified atom stereocenters. The van der Waals surface area contributed by atoms with E-state index in [2.05, 4.69) is 10.6 Å². The Balaban J connectivity index is 1.64. The van der Waals surface area contributed by atoms with Crippen molar-refractivity contribution < 1.29 is 18.9 Å². The van der Waals surface area contributed by atoms with E-state index in [1.165, 1.54) is 0 Å². The molecule has 0 aliphatic carbocycles. The number of rotatable bonds is 7. The normalized spacial score (nSPS) is 13.0. The van der Waals surface area contributed by atoms with Crippen LogP contribution in [0.1, 0.15) is 32.4 Å². The van der Waals surface area contributed by atoms with Crippen LogP contribution in [0.2, 0.25) is 0 Å². The molecule has 0 fully saturated rings. The van der Waals surface area contributed by atoms with Crippen LogP contribution in [-0.2, 0) is 0 Å². The first-order valence-corrected chi connectivity index (χ1v) is 9.38. The van der Waals surface area contributed by atoms with Gasteiger partial charge in [0, 0.05) is 11.8 Å². The third kappa shape index (κ3) is 4.74. The number of anilines is 1. The van der Waals surface area contributed by atoms with Crippen molar-refractivity contribution in [3.8, 4) is 23.0 Å². The fourth-order valence-corrected chi connectivity index (χ4v) is 3.05. The van der Waals surface area contributed by atoms with Crippen LogP contribution in [0.4, 0.5) is 5.69 Å². The summed E-state index contributed by atoms with van der Waals surface area (Å²) in [6.07, 6.45) is 0. The third-order valence-electron chi connectivity index (χ3n) is 4.05. The molecular formula is C20H24N2O4S. The molecule has 27 heavy (non-hydrogen) atoms. The first-order valence-electron chi connectivity index (χ1n) is 8.97. The molecule has 1 aliphatic rings. The molecule has 0 spiro atoms. The average Bonchev–Trinajstić information content (AvgIpc) is 3.11. The van der Waals surface area contributed by atoms with Crippen LogP contribution >= 0.6 is 12.2 Å². The second kappa shape index (κ2) is 8.81. The number of thiocarbonyl (C=S) groups is 1. The summed E-state index contributed by atoms with van der Waals surface area (Å²) in [4.78, 5) is 0. The van der Waals surface area contributed by atoms with Gasteiger partial charge in [-0.1, -0.05) is 6.07 Å². The van der Waals surface area contributed by atoms with Crippen molar-refractivity contribution >= 4 is 23.0 Å². The van der Waals surface area contributed by atoms with Crippen molar-refractivity contribution in [2.24, 2.45) is 0 Å².